The highest BCUT2D eigenvalue weighted by Gasteiger charge is 2.34. The molecule has 30 heavy (non-hydrogen) atoms. The smallest absolute Gasteiger partial charge is 0.242 e. The van der Waals surface area contributed by atoms with Crippen LogP contribution in [0.5, 0.6) is 0 Å². The third-order valence-electron chi connectivity index (χ3n) is 6.45. The fourth-order valence-corrected chi connectivity index (χ4v) is 5.95. The summed E-state index contributed by atoms with van der Waals surface area (Å²) in [6.45, 7) is 0.798. The van der Waals surface area contributed by atoms with E-state index >= 15 is 0 Å². The molecule has 2 aromatic rings. The van der Waals surface area contributed by atoms with E-state index in [1.165, 1.54) is 5.56 Å². The summed E-state index contributed by atoms with van der Waals surface area (Å²) >= 11 is 0. The molecule has 1 atom stereocenters. The Morgan fingerprint density at radius 3 is 2.03 bits per heavy atom. The molecule has 1 aliphatic heterocycles. The lowest BCUT2D eigenvalue weighted by Gasteiger charge is -2.36. The molecule has 0 aromatic heterocycles. The van der Waals surface area contributed by atoms with Crippen molar-refractivity contribution in [2.24, 2.45) is 0 Å². The zero-order valence-corrected chi connectivity index (χ0v) is 18.1. The summed E-state index contributed by atoms with van der Waals surface area (Å²) in [7, 11) is -2.99. The molecule has 1 unspecified atom stereocenters. The number of sulfone groups is 1. The highest BCUT2D eigenvalue weighted by Crippen LogP contribution is 2.33. The molecule has 5 nitrogen and oxygen atoms in total. The van der Waals surface area contributed by atoms with Gasteiger partial charge in [-0.15, -0.1) is 0 Å². The lowest BCUT2D eigenvalue weighted by molar-refractivity contribution is -0.127. The SMILES string of the molecule is O=C(NC1CCC(c2ccccc2)CC1)C(c1ccccc1)N1CCS(=O)(=O)CC1. The molecule has 2 fully saturated rings. The van der Waals surface area contributed by atoms with Gasteiger partial charge in [0.2, 0.25) is 5.91 Å². The third-order valence-corrected chi connectivity index (χ3v) is 8.06. The number of hydrogen-bond donors (Lipinski definition) is 1. The summed E-state index contributed by atoms with van der Waals surface area (Å²) in [5.74, 6) is 0.789. The molecule has 0 radical (unpaired) electrons. The molecule has 1 heterocycles. The molecule has 0 spiro atoms. The van der Waals surface area contributed by atoms with E-state index < -0.39 is 15.9 Å². The maximum absolute atomic E-state index is 13.3. The first-order valence-corrected chi connectivity index (χ1v) is 12.7. The second-order valence-corrected chi connectivity index (χ2v) is 10.8. The predicted molar refractivity (Wildman–Crippen MR) is 119 cm³/mol. The number of rotatable bonds is 5. The summed E-state index contributed by atoms with van der Waals surface area (Å²) in [6.07, 6.45) is 4.10. The number of amides is 1. The molecule has 0 bridgehead atoms. The average molecular weight is 427 g/mol. The minimum Gasteiger partial charge on any atom is -0.352 e. The van der Waals surface area contributed by atoms with Gasteiger partial charge in [0.05, 0.1) is 11.5 Å². The number of hydrogen-bond acceptors (Lipinski definition) is 4. The van der Waals surface area contributed by atoms with E-state index in [0.29, 0.717) is 19.0 Å². The first-order valence-electron chi connectivity index (χ1n) is 10.9. The van der Waals surface area contributed by atoms with Gasteiger partial charge in [0.25, 0.3) is 0 Å². The molecule has 1 saturated heterocycles. The first-order chi connectivity index (χ1) is 14.5. The molecule has 2 aromatic carbocycles. The maximum atomic E-state index is 13.3. The van der Waals surface area contributed by atoms with Crippen LogP contribution in [0.1, 0.15) is 48.8 Å². The van der Waals surface area contributed by atoms with E-state index in [9.17, 15) is 13.2 Å². The average Bonchev–Trinajstić information content (AvgIpc) is 2.77. The molecule has 2 aliphatic rings. The van der Waals surface area contributed by atoms with Crippen LogP contribution in [-0.2, 0) is 14.6 Å². The Labute approximate surface area is 179 Å². The lowest BCUT2D eigenvalue weighted by atomic mass is 9.81. The second kappa shape index (κ2) is 9.31. The monoisotopic (exact) mass is 426 g/mol. The van der Waals surface area contributed by atoms with Crippen molar-refractivity contribution in [1.29, 1.82) is 0 Å². The van der Waals surface area contributed by atoms with Crippen LogP contribution < -0.4 is 5.32 Å². The second-order valence-electron chi connectivity index (χ2n) is 8.47. The normalized spacial score (nSPS) is 25.3. The van der Waals surface area contributed by atoms with E-state index in [-0.39, 0.29) is 23.5 Å². The van der Waals surface area contributed by atoms with E-state index in [4.69, 9.17) is 0 Å². The highest BCUT2D eigenvalue weighted by molar-refractivity contribution is 7.91. The van der Waals surface area contributed by atoms with Gasteiger partial charge in [-0.05, 0) is 42.7 Å². The van der Waals surface area contributed by atoms with Crippen molar-refractivity contribution >= 4 is 15.7 Å². The Bertz CT molecular complexity index is 925. The Morgan fingerprint density at radius 2 is 1.43 bits per heavy atom. The fraction of sp³-hybridized carbons (Fsp3) is 0.458. The summed E-state index contributed by atoms with van der Waals surface area (Å²) in [6, 6.07) is 20.1. The Hall–Kier alpha value is -2.18. The quantitative estimate of drug-likeness (QED) is 0.797. The van der Waals surface area contributed by atoms with E-state index in [1.54, 1.807) is 0 Å². The van der Waals surface area contributed by atoms with Crippen LogP contribution in [0, 0.1) is 0 Å². The van der Waals surface area contributed by atoms with Crippen LogP contribution in [0.25, 0.3) is 0 Å². The first kappa shape index (κ1) is 21.1. The van der Waals surface area contributed by atoms with Gasteiger partial charge in [0, 0.05) is 19.1 Å². The molecule has 4 rings (SSSR count). The number of nitrogens with one attached hydrogen (secondary N) is 1. The number of carbonyl (C=O) groups is 1. The van der Waals surface area contributed by atoms with Gasteiger partial charge in [-0.25, -0.2) is 8.42 Å². The van der Waals surface area contributed by atoms with Crippen LogP contribution >= 0.6 is 0 Å². The van der Waals surface area contributed by atoms with Crippen LogP contribution in [0.15, 0.2) is 60.7 Å². The van der Waals surface area contributed by atoms with Crippen molar-refractivity contribution in [3.05, 3.63) is 71.8 Å². The molecule has 1 saturated carbocycles. The summed E-state index contributed by atoms with van der Waals surface area (Å²) in [5, 5.41) is 3.28. The molecule has 1 N–H and O–H groups in total. The van der Waals surface area contributed by atoms with Gasteiger partial charge in [-0.1, -0.05) is 60.7 Å². The summed E-state index contributed by atoms with van der Waals surface area (Å²) in [4.78, 5) is 15.3. The standard InChI is InChI=1S/C24H30N2O3S/c27-24(25-22-13-11-20(12-14-22)19-7-3-1-4-8-19)23(21-9-5-2-6-10-21)26-15-17-30(28,29)18-16-26/h1-10,20,22-23H,11-18H2,(H,25,27). The largest absolute Gasteiger partial charge is 0.352 e. The summed E-state index contributed by atoms with van der Waals surface area (Å²) in [5.41, 5.74) is 2.31. The molecule has 160 valence electrons. The fourth-order valence-electron chi connectivity index (χ4n) is 4.72. The van der Waals surface area contributed by atoms with Crippen molar-refractivity contribution < 1.29 is 13.2 Å². The van der Waals surface area contributed by atoms with Crippen molar-refractivity contribution in [1.82, 2.24) is 10.2 Å². The Balaban J connectivity index is 1.41. The van der Waals surface area contributed by atoms with E-state index in [2.05, 4.69) is 29.6 Å². The molecular formula is C24H30N2O3S. The highest BCUT2D eigenvalue weighted by atomic mass is 32.2. The molecule has 6 heteroatoms. The van der Waals surface area contributed by atoms with E-state index in [1.807, 2.05) is 41.3 Å². The maximum Gasteiger partial charge on any atom is 0.242 e. The van der Waals surface area contributed by atoms with Gasteiger partial charge >= 0.3 is 0 Å². The van der Waals surface area contributed by atoms with E-state index in [0.717, 1.165) is 31.2 Å². The van der Waals surface area contributed by atoms with Crippen molar-refractivity contribution in [3.63, 3.8) is 0 Å². The topological polar surface area (TPSA) is 66.5 Å². The van der Waals surface area contributed by atoms with Crippen molar-refractivity contribution in [3.8, 4) is 0 Å². The number of nitrogens with zero attached hydrogens (tertiary/aromatic N) is 1. The van der Waals surface area contributed by atoms with Crippen LogP contribution in [0.2, 0.25) is 0 Å². The third kappa shape index (κ3) is 5.10. The van der Waals surface area contributed by atoms with Crippen LogP contribution in [0.3, 0.4) is 0 Å². The van der Waals surface area contributed by atoms with Gasteiger partial charge in [-0.3, -0.25) is 9.69 Å². The van der Waals surface area contributed by atoms with Gasteiger partial charge < -0.3 is 5.32 Å². The molecular weight excluding hydrogens is 396 g/mol. The van der Waals surface area contributed by atoms with Gasteiger partial charge in [0.15, 0.2) is 9.84 Å². The Morgan fingerprint density at radius 1 is 0.867 bits per heavy atom. The summed E-state index contributed by atoms with van der Waals surface area (Å²) < 4.78 is 23.7. The Kier molecular flexibility index (Phi) is 6.54. The van der Waals surface area contributed by atoms with Crippen LogP contribution in [-0.4, -0.2) is 49.9 Å². The van der Waals surface area contributed by atoms with Gasteiger partial charge in [0.1, 0.15) is 6.04 Å². The zero-order chi connectivity index (χ0) is 21.0. The lowest BCUT2D eigenvalue weighted by Crippen LogP contribution is -2.49. The number of carbonyl (C=O) groups excluding carboxylic acids is 1. The van der Waals surface area contributed by atoms with Crippen molar-refractivity contribution in [2.45, 2.75) is 43.7 Å². The minimum atomic E-state index is -2.99. The molecule has 1 aliphatic carbocycles. The minimum absolute atomic E-state index is 0.0105. The van der Waals surface area contributed by atoms with Crippen LogP contribution in [0.4, 0.5) is 0 Å². The zero-order valence-electron chi connectivity index (χ0n) is 17.2. The molecule has 1 amide bonds. The number of benzene rings is 2. The van der Waals surface area contributed by atoms with Crippen molar-refractivity contribution in [2.75, 3.05) is 24.6 Å². The van der Waals surface area contributed by atoms with Gasteiger partial charge in [-0.2, -0.15) is 0 Å². The predicted octanol–water partition coefficient (Wildman–Crippen LogP) is 3.30.